The molecule has 1 aromatic heterocycles. The summed E-state index contributed by atoms with van der Waals surface area (Å²) in [5.41, 5.74) is 1.97. The third kappa shape index (κ3) is 3.00. The van der Waals surface area contributed by atoms with E-state index in [9.17, 15) is 10.2 Å². The molecule has 1 aliphatic heterocycles. The highest BCUT2D eigenvalue weighted by Crippen LogP contribution is 2.23. The van der Waals surface area contributed by atoms with Gasteiger partial charge in [0.2, 0.25) is 0 Å². The van der Waals surface area contributed by atoms with Gasteiger partial charge >= 0.3 is 0 Å². The summed E-state index contributed by atoms with van der Waals surface area (Å²) < 4.78 is 0. The van der Waals surface area contributed by atoms with E-state index in [4.69, 9.17) is 0 Å². The molecule has 2 heterocycles. The normalized spacial score (nSPS) is 19.5. The minimum atomic E-state index is 0.0590. The standard InChI is InChI=1S/C14H22N2O2/c1-2-3-13-6-12(10-18)7-14(15-13)16-5-4-11(8-16)9-17/h6-7,11,17-18H,2-5,8-10H2,1H3. The summed E-state index contributed by atoms with van der Waals surface area (Å²) in [6, 6.07) is 3.94. The van der Waals surface area contributed by atoms with Crippen molar-refractivity contribution in [2.75, 3.05) is 24.6 Å². The molecule has 0 amide bonds. The van der Waals surface area contributed by atoms with Crippen molar-refractivity contribution in [3.63, 3.8) is 0 Å². The molecular weight excluding hydrogens is 228 g/mol. The second-order valence-electron chi connectivity index (χ2n) is 5.02. The zero-order valence-electron chi connectivity index (χ0n) is 11.0. The van der Waals surface area contributed by atoms with Crippen LogP contribution in [0.4, 0.5) is 5.82 Å². The number of aliphatic hydroxyl groups excluding tert-OH is 2. The molecule has 0 saturated carbocycles. The van der Waals surface area contributed by atoms with Crippen LogP contribution in [0.2, 0.25) is 0 Å². The maximum atomic E-state index is 9.31. The molecule has 1 aliphatic rings. The number of anilines is 1. The molecule has 18 heavy (non-hydrogen) atoms. The summed E-state index contributed by atoms with van der Waals surface area (Å²) in [6.07, 6.45) is 3.02. The van der Waals surface area contributed by atoms with Gasteiger partial charge in [-0.2, -0.15) is 0 Å². The van der Waals surface area contributed by atoms with Crippen molar-refractivity contribution >= 4 is 5.82 Å². The minimum Gasteiger partial charge on any atom is -0.396 e. The topological polar surface area (TPSA) is 56.6 Å². The molecule has 4 heteroatoms. The van der Waals surface area contributed by atoms with Crippen LogP contribution in [0.5, 0.6) is 0 Å². The van der Waals surface area contributed by atoms with Crippen LogP contribution in [0.1, 0.15) is 31.0 Å². The molecule has 1 aromatic rings. The van der Waals surface area contributed by atoms with E-state index in [2.05, 4.69) is 16.8 Å². The third-order valence-corrected chi connectivity index (χ3v) is 3.48. The van der Waals surface area contributed by atoms with Gasteiger partial charge in [-0.05, 0) is 30.5 Å². The van der Waals surface area contributed by atoms with Crippen LogP contribution >= 0.6 is 0 Å². The highest BCUT2D eigenvalue weighted by Gasteiger charge is 2.23. The second-order valence-corrected chi connectivity index (χ2v) is 5.02. The van der Waals surface area contributed by atoms with Crippen LogP contribution in [0.15, 0.2) is 12.1 Å². The van der Waals surface area contributed by atoms with Gasteiger partial charge in [-0.1, -0.05) is 13.3 Å². The van der Waals surface area contributed by atoms with Crippen LogP contribution in [0.25, 0.3) is 0 Å². The van der Waals surface area contributed by atoms with Gasteiger partial charge in [0.1, 0.15) is 5.82 Å². The van der Waals surface area contributed by atoms with Crippen molar-refractivity contribution in [3.05, 3.63) is 23.4 Å². The fourth-order valence-electron chi connectivity index (χ4n) is 2.46. The fourth-order valence-corrected chi connectivity index (χ4v) is 2.46. The molecule has 1 unspecified atom stereocenters. The molecule has 1 saturated heterocycles. The van der Waals surface area contributed by atoms with Crippen molar-refractivity contribution in [1.29, 1.82) is 0 Å². The lowest BCUT2D eigenvalue weighted by Gasteiger charge is -2.19. The van der Waals surface area contributed by atoms with E-state index in [0.29, 0.717) is 5.92 Å². The number of aryl methyl sites for hydroxylation is 1. The molecule has 2 N–H and O–H groups in total. The van der Waals surface area contributed by atoms with Crippen LogP contribution in [0, 0.1) is 5.92 Å². The first-order valence-corrected chi connectivity index (χ1v) is 6.73. The quantitative estimate of drug-likeness (QED) is 0.828. The van der Waals surface area contributed by atoms with Crippen molar-refractivity contribution in [2.45, 2.75) is 32.8 Å². The molecule has 0 radical (unpaired) electrons. The molecule has 0 aliphatic carbocycles. The van der Waals surface area contributed by atoms with Crippen molar-refractivity contribution in [3.8, 4) is 0 Å². The van der Waals surface area contributed by atoms with E-state index in [1.54, 1.807) is 0 Å². The van der Waals surface area contributed by atoms with E-state index in [1.165, 1.54) is 0 Å². The first-order chi connectivity index (χ1) is 8.76. The summed E-state index contributed by atoms with van der Waals surface area (Å²) in [4.78, 5) is 6.86. The van der Waals surface area contributed by atoms with Gasteiger partial charge in [-0.25, -0.2) is 4.98 Å². The largest absolute Gasteiger partial charge is 0.396 e. The summed E-state index contributed by atoms with van der Waals surface area (Å²) in [6.45, 7) is 4.24. The number of aliphatic hydroxyl groups is 2. The van der Waals surface area contributed by atoms with Gasteiger partial charge in [0, 0.05) is 31.3 Å². The summed E-state index contributed by atoms with van der Waals surface area (Å²) in [5.74, 6) is 1.31. The van der Waals surface area contributed by atoms with E-state index >= 15 is 0 Å². The van der Waals surface area contributed by atoms with Crippen LogP contribution in [-0.4, -0.2) is 34.9 Å². The Kier molecular flexibility index (Phi) is 4.55. The highest BCUT2D eigenvalue weighted by molar-refractivity contribution is 5.43. The SMILES string of the molecule is CCCc1cc(CO)cc(N2CCC(CO)C2)n1. The molecule has 1 atom stereocenters. The van der Waals surface area contributed by atoms with Crippen molar-refractivity contribution < 1.29 is 10.2 Å². The number of hydrogen-bond acceptors (Lipinski definition) is 4. The van der Waals surface area contributed by atoms with Gasteiger partial charge in [-0.15, -0.1) is 0 Å². The Morgan fingerprint density at radius 3 is 2.83 bits per heavy atom. The Morgan fingerprint density at radius 1 is 1.39 bits per heavy atom. The summed E-state index contributed by atoms with van der Waals surface area (Å²) in [5, 5.41) is 18.5. The van der Waals surface area contributed by atoms with Crippen LogP contribution < -0.4 is 4.90 Å². The maximum Gasteiger partial charge on any atom is 0.129 e. The fraction of sp³-hybridized carbons (Fsp3) is 0.643. The molecular formula is C14H22N2O2. The third-order valence-electron chi connectivity index (χ3n) is 3.48. The minimum absolute atomic E-state index is 0.0590. The van der Waals surface area contributed by atoms with E-state index < -0.39 is 0 Å². The molecule has 4 nitrogen and oxygen atoms in total. The predicted octanol–water partition coefficient (Wildman–Crippen LogP) is 1.34. The molecule has 0 spiro atoms. The Balaban J connectivity index is 2.18. The van der Waals surface area contributed by atoms with E-state index in [1.807, 2.05) is 12.1 Å². The first kappa shape index (κ1) is 13.3. The second kappa shape index (κ2) is 6.16. The zero-order chi connectivity index (χ0) is 13.0. The Labute approximate surface area is 108 Å². The molecule has 100 valence electrons. The van der Waals surface area contributed by atoms with E-state index in [-0.39, 0.29) is 13.2 Å². The Hall–Kier alpha value is -1.13. The average molecular weight is 250 g/mol. The molecule has 0 aromatic carbocycles. The average Bonchev–Trinajstić information content (AvgIpc) is 2.87. The number of pyridine rings is 1. The zero-order valence-corrected chi connectivity index (χ0v) is 11.0. The Morgan fingerprint density at radius 2 is 2.22 bits per heavy atom. The van der Waals surface area contributed by atoms with Gasteiger partial charge in [-0.3, -0.25) is 0 Å². The van der Waals surface area contributed by atoms with E-state index in [0.717, 1.165) is 49.4 Å². The lowest BCUT2D eigenvalue weighted by molar-refractivity contribution is 0.238. The lowest BCUT2D eigenvalue weighted by atomic mass is 10.1. The van der Waals surface area contributed by atoms with Gasteiger partial charge in [0.05, 0.1) is 6.61 Å². The molecule has 1 fully saturated rings. The monoisotopic (exact) mass is 250 g/mol. The van der Waals surface area contributed by atoms with Gasteiger partial charge in [0.15, 0.2) is 0 Å². The summed E-state index contributed by atoms with van der Waals surface area (Å²) >= 11 is 0. The number of nitrogens with zero attached hydrogens (tertiary/aromatic N) is 2. The Bertz CT molecular complexity index is 395. The smallest absolute Gasteiger partial charge is 0.129 e. The molecule has 2 rings (SSSR count). The van der Waals surface area contributed by atoms with Crippen LogP contribution in [0.3, 0.4) is 0 Å². The number of hydrogen-bond donors (Lipinski definition) is 2. The first-order valence-electron chi connectivity index (χ1n) is 6.73. The lowest BCUT2D eigenvalue weighted by Crippen LogP contribution is -2.22. The molecule has 0 bridgehead atoms. The number of aromatic nitrogens is 1. The maximum absolute atomic E-state index is 9.31. The van der Waals surface area contributed by atoms with Crippen molar-refractivity contribution in [1.82, 2.24) is 4.98 Å². The predicted molar refractivity (Wildman–Crippen MR) is 71.6 cm³/mol. The van der Waals surface area contributed by atoms with Gasteiger partial charge in [0.25, 0.3) is 0 Å². The number of rotatable bonds is 5. The van der Waals surface area contributed by atoms with Crippen molar-refractivity contribution in [2.24, 2.45) is 5.92 Å². The highest BCUT2D eigenvalue weighted by atomic mass is 16.3. The summed E-state index contributed by atoms with van der Waals surface area (Å²) in [7, 11) is 0. The van der Waals surface area contributed by atoms with Gasteiger partial charge < -0.3 is 15.1 Å². The van der Waals surface area contributed by atoms with Crippen LogP contribution in [-0.2, 0) is 13.0 Å².